The number of halogens is 1. The summed E-state index contributed by atoms with van der Waals surface area (Å²) >= 11 is 3.49. The van der Waals surface area contributed by atoms with E-state index in [-0.39, 0.29) is 11.9 Å². The molecular weight excluding hydrogens is 356 g/mol. The number of rotatable bonds is 5. The standard InChI is InChI=1S/C18H25BrN2O2/c1-12-3-6-17(16(19)11-12)23-13(2)18(22)20-14-7-9-21(10-8-14)15-4-5-15/h3,6,11,13-15H,4-5,7-10H2,1-2H3,(H,20,22). The van der Waals surface area contributed by atoms with Crippen LogP contribution in [0.5, 0.6) is 5.75 Å². The average molecular weight is 381 g/mol. The van der Waals surface area contributed by atoms with Crippen LogP contribution in [0.4, 0.5) is 0 Å². The lowest BCUT2D eigenvalue weighted by atomic mass is 10.0. The first-order valence-electron chi connectivity index (χ1n) is 8.50. The smallest absolute Gasteiger partial charge is 0.260 e. The summed E-state index contributed by atoms with van der Waals surface area (Å²) in [5, 5.41) is 3.14. The molecule has 1 aliphatic carbocycles. The Morgan fingerprint density at radius 2 is 2.00 bits per heavy atom. The Labute approximate surface area is 146 Å². The Morgan fingerprint density at radius 3 is 2.61 bits per heavy atom. The van der Waals surface area contributed by atoms with Gasteiger partial charge in [0.1, 0.15) is 5.75 Å². The predicted molar refractivity (Wildman–Crippen MR) is 94.7 cm³/mol. The summed E-state index contributed by atoms with van der Waals surface area (Å²) in [6.07, 6.45) is 4.31. The molecule has 1 aromatic carbocycles. The molecule has 2 aliphatic rings. The van der Waals surface area contributed by atoms with Crippen LogP contribution in [-0.4, -0.2) is 42.1 Å². The first-order valence-corrected chi connectivity index (χ1v) is 9.29. The van der Waals surface area contributed by atoms with Crippen LogP contribution in [0.15, 0.2) is 22.7 Å². The molecule has 0 spiro atoms. The lowest BCUT2D eigenvalue weighted by molar-refractivity contribution is -0.128. The highest BCUT2D eigenvalue weighted by molar-refractivity contribution is 9.10. The molecule has 1 saturated heterocycles. The summed E-state index contributed by atoms with van der Waals surface area (Å²) in [7, 11) is 0. The summed E-state index contributed by atoms with van der Waals surface area (Å²) in [5.74, 6) is 0.684. The van der Waals surface area contributed by atoms with Crippen molar-refractivity contribution < 1.29 is 9.53 Å². The van der Waals surface area contributed by atoms with E-state index >= 15 is 0 Å². The van der Waals surface area contributed by atoms with E-state index in [2.05, 4.69) is 26.1 Å². The molecule has 126 valence electrons. The molecule has 0 aromatic heterocycles. The zero-order valence-electron chi connectivity index (χ0n) is 13.8. The monoisotopic (exact) mass is 380 g/mol. The number of ether oxygens (including phenoxy) is 1. The van der Waals surface area contributed by atoms with Gasteiger partial charge in [-0.25, -0.2) is 0 Å². The molecule has 1 aliphatic heterocycles. The van der Waals surface area contributed by atoms with Crippen molar-refractivity contribution in [3.05, 3.63) is 28.2 Å². The van der Waals surface area contributed by atoms with Crippen LogP contribution in [0.3, 0.4) is 0 Å². The molecule has 4 nitrogen and oxygen atoms in total. The molecule has 1 aromatic rings. The minimum absolute atomic E-state index is 0.0256. The van der Waals surface area contributed by atoms with E-state index in [0.717, 1.165) is 42.0 Å². The third kappa shape index (κ3) is 4.48. The number of likely N-dealkylation sites (tertiary alicyclic amines) is 1. The molecular formula is C18H25BrN2O2. The highest BCUT2D eigenvalue weighted by Crippen LogP contribution is 2.29. The molecule has 1 N–H and O–H groups in total. The van der Waals surface area contributed by atoms with Gasteiger partial charge in [-0.15, -0.1) is 0 Å². The third-order valence-electron chi connectivity index (χ3n) is 4.70. The van der Waals surface area contributed by atoms with Gasteiger partial charge in [0.2, 0.25) is 0 Å². The van der Waals surface area contributed by atoms with Gasteiger partial charge < -0.3 is 15.0 Å². The zero-order valence-corrected chi connectivity index (χ0v) is 15.4. The van der Waals surface area contributed by atoms with Crippen molar-refractivity contribution in [1.29, 1.82) is 0 Å². The zero-order chi connectivity index (χ0) is 16.4. The molecule has 1 unspecified atom stereocenters. The number of hydrogen-bond donors (Lipinski definition) is 1. The summed E-state index contributed by atoms with van der Waals surface area (Å²) in [6.45, 7) is 6.04. The van der Waals surface area contributed by atoms with E-state index in [1.54, 1.807) is 6.92 Å². The highest BCUT2D eigenvalue weighted by atomic mass is 79.9. The van der Waals surface area contributed by atoms with E-state index in [1.807, 2.05) is 25.1 Å². The SMILES string of the molecule is Cc1ccc(OC(C)C(=O)NC2CCN(C3CC3)CC2)c(Br)c1. The van der Waals surface area contributed by atoms with E-state index in [4.69, 9.17) is 4.74 Å². The molecule has 23 heavy (non-hydrogen) atoms. The lowest BCUT2D eigenvalue weighted by Gasteiger charge is -2.32. The maximum absolute atomic E-state index is 12.4. The topological polar surface area (TPSA) is 41.6 Å². The molecule has 1 amide bonds. The lowest BCUT2D eigenvalue weighted by Crippen LogP contribution is -2.48. The van der Waals surface area contributed by atoms with E-state index < -0.39 is 6.10 Å². The Kier molecular flexibility index (Phi) is 5.27. The van der Waals surface area contributed by atoms with Gasteiger partial charge in [-0.3, -0.25) is 4.79 Å². The fourth-order valence-electron chi connectivity index (χ4n) is 3.11. The highest BCUT2D eigenvalue weighted by Gasteiger charge is 2.32. The normalized spacial score (nSPS) is 21.0. The van der Waals surface area contributed by atoms with Gasteiger partial charge in [0.15, 0.2) is 6.10 Å². The quantitative estimate of drug-likeness (QED) is 0.851. The van der Waals surface area contributed by atoms with Crippen LogP contribution in [-0.2, 0) is 4.79 Å². The molecule has 5 heteroatoms. The molecule has 1 saturated carbocycles. The number of benzene rings is 1. The summed E-state index contributed by atoms with van der Waals surface area (Å²) in [6, 6.07) is 6.99. The van der Waals surface area contributed by atoms with Gasteiger partial charge in [0, 0.05) is 25.2 Å². The third-order valence-corrected chi connectivity index (χ3v) is 5.32. The number of nitrogens with one attached hydrogen (secondary N) is 1. The average Bonchev–Trinajstić information content (AvgIpc) is 3.35. The number of hydrogen-bond acceptors (Lipinski definition) is 3. The summed E-state index contributed by atoms with van der Waals surface area (Å²) in [4.78, 5) is 14.9. The van der Waals surface area contributed by atoms with Gasteiger partial charge in [-0.2, -0.15) is 0 Å². The van der Waals surface area contributed by atoms with Gasteiger partial charge in [0.25, 0.3) is 5.91 Å². The van der Waals surface area contributed by atoms with Crippen LogP contribution in [0.2, 0.25) is 0 Å². The number of aryl methyl sites for hydroxylation is 1. The number of nitrogens with zero attached hydrogens (tertiary/aromatic N) is 1. The second kappa shape index (κ2) is 7.22. The largest absolute Gasteiger partial charge is 0.480 e. The number of amides is 1. The van der Waals surface area contributed by atoms with Gasteiger partial charge >= 0.3 is 0 Å². The Balaban J connectivity index is 1.47. The fraction of sp³-hybridized carbons (Fsp3) is 0.611. The fourth-order valence-corrected chi connectivity index (χ4v) is 3.70. The van der Waals surface area contributed by atoms with Crippen molar-refractivity contribution in [3.8, 4) is 5.75 Å². The van der Waals surface area contributed by atoms with Crippen molar-refractivity contribution in [2.75, 3.05) is 13.1 Å². The minimum atomic E-state index is -0.490. The molecule has 2 fully saturated rings. The van der Waals surface area contributed by atoms with Crippen LogP contribution < -0.4 is 10.1 Å². The first-order chi connectivity index (χ1) is 11.0. The maximum atomic E-state index is 12.4. The van der Waals surface area contributed by atoms with Crippen molar-refractivity contribution in [3.63, 3.8) is 0 Å². The molecule has 1 atom stereocenters. The number of carbonyl (C=O) groups excluding carboxylic acids is 1. The molecule has 3 rings (SSSR count). The maximum Gasteiger partial charge on any atom is 0.260 e. The Morgan fingerprint density at radius 1 is 1.30 bits per heavy atom. The van der Waals surface area contributed by atoms with Gasteiger partial charge in [-0.1, -0.05) is 6.07 Å². The van der Waals surface area contributed by atoms with Crippen LogP contribution in [0, 0.1) is 6.92 Å². The van der Waals surface area contributed by atoms with Crippen molar-refractivity contribution in [2.45, 2.75) is 57.7 Å². The molecule has 1 heterocycles. The van der Waals surface area contributed by atoms with Crippen LogP contribution in [0.1, 0.15) is 38.2 Å². The summed E-state index contributed by atoms with van der Waals surface area (Å²) in [5.41, 5.74) is 1.16. The first kappa shape index (κ1) is 16.8. The van der Waals surface area contributed by atoms with E-state index in [9.17, 15) is 4.79 Å². The minimum Gasteiger partial charge on any atom is -0.480 e. The summed E-state index contributed by atoms with van der Waals surface area (Å²) < 4.78 is 6.69. The predicted octanol–water partition coefficient (Wildman–Crippen LogP) is 3.27. The van der Waals surface area contributed by atoms with Gasteiger partial charge in [-0.05, 0) is 73.2 Å². The number of carbonyl (C=O) groups is 1. The van der Waals surface area contributed by atoms with Crippen molar-refractivity contribution in [2.24, 2.45) is 0 Å². The molecule has 0 radical (unpaired) electrons. The second-order valence-corrected chi connectivity index (χ2v) is 7.60. The van der Waals surface area contributed by atoms with Crippen LogP contribution in [0.25, 0.3) is 0 Å². The van der Waals surface area contributed by atoms with Gasteiger partial charge in [0.05, 0.1) is 4.47 Å². The Bertz CT molecular complexity index is 566. The Hall–Kier alpha value is -1.07. The van der Waals surface area contributed by atoms with E-state index in [0.29, 0.717) is 5.75 Å². The number of piperidine rings is 1. The van der Waals surface area contributed by atoms with Crippen molar-refractivity contribution >= 4 is 21.8 Å². The van der Waals surface area contributed by atoms with Crippen molar-refractivity contribution in [1.82, 2.24) is 10.2 Å². The molecule has 0 bridgehead atoms. The van der Waals surface area contributed by atoms with E-state index in [1.165, 1.54) is 12.8 Å². The van der Waals surface area contributed by atoms with Crippen LogP contribution >= 0.6 is 15.9 Å². The second-order valence-electron chi connectivity index (χ2n) is 6.74.